The van der Waals surface area contributed by atoms with Crippen LogP contribution in [0.5, 0.6) is 0 Å². The van der Waals surface area contributed by atoms with Crippen LogP contribution in [-0.4, -0.2) is 61.8 Å². The van der Waals surface area contributed by atoms with Crippen molar-refractivity contribution < 1.29 is 4.52 Å². The number of aromatic amines is 1. The normalized spacial score (nSPS) is 15.6. The van der Waals surface area contributed by atoms with Gasteiger partial charge in [-0.3, -0.25) is 4.90 Å². The molecular weight excluding hydrogens is 344 g/mol. The summed E-state index contributed by atoms with van der Waals surface area (Å²) in [7, 11) is 0. The molecule has 9 nitrogen and oxygen atoms in total. The first-order chi connectivity index (χ1) is 13.2. The molecule has 0 saturated carbocycles. The smallest absolute Gasteiger partial charge is 0.213 e. The van der Waals surface area contributed by atoms with Gasteiger partial charge in [0.25, 0.3) is 0 Å². The van der Waals surface area contributed by atoms with E-state index in [1.54, 1.807) is 0 Å². The Morgan fingerprint density at radius 2 is 2.04 bits per heavy atom. The van der Waals surface area contributed by atoms with Gasteiger partial charge in [-0.15, -0.1) is 10.2 Å². The van der Waals surface area contributed by atoms with Gasteiger partial charge in [0.15, 0.2) is 5.82 Å². The van der Waals surface area contributed by atoms with Crippen molar-refractivity contribution in [3.63, 3.8) is 0 Å². The molecule has 0 aliphatic carbocycles. The Hall–Kier alpha value is -2.81. The molecule has 27 heavy (non-hydrogen) atoms. The highest BCUT2D eigenvalue weighted by atomic mass is 16.5. The Bertz CT molecular complexity index is 838. The van der Waals surface area contributed by atoms with Crippen molar-refractivity contribution >= 4 is 5.69 Å². The summed E-state index contributed by atoms with van der Waals surface area (Å²) < 4.78 is 4.83. The van der Waals surface area contributed by atoms with Gasteiger partial charge in [-0.25, -0.2) is 0 Å². The maximum absolute atomic E-state index is 4.83. The van der Waals surface area contributed by atoms with E-state index in [0.717, 1.165) is 50.5 Å². The summed E-state index contributed by atoms with van der Waals surface area (Å²) in [5.74, 6) is 1.98. The first kappa shape index (κ1) is 17.6. The van der Waals surface area contributed by atoms with E-state index in [4.69, 9.17) is 4.52 Å². The number of hydrogen-bond acceptors (Lipinski definition) is 8. The standard InChI is InChI=1S/C18H24N8O/c1-13(2)9-14-3-4-15(18-20-23-24-21-18)16(10-14)26-7-5-25(6-8-26)11-17-19-12-27-22-17/h3-4,10,12-13H,5-9,11H2,1-2H3,(H,20,21,23,24). The minimum absolute atomic E-state index is 0.612. The molecule has 0 amide bonds. The first-order valence-corrected chi connectivity index (χ1v) is 9.28. The van der Waals surface area contributed by atoms with E-state index in [9.17, 15) is 0 Å². The number of hydrogen-bond donors (Lipinski definition) is 1. The molecule has 4 rings (SSSR count). The predicted octanol–water partition coefficient (Wildman–Crippen LogP) is 1.77. The van der Waals surface area contributed by atoms with Gasteiger partial charge in [-0.1, -0.05) is 25.1 Å². The van der Waals surface area contributed by atoms with Crippen molar-refractivity contribution in [3.05, 3.63) is 36.0 Å². The molecule has 0 atom stereocenters. The van der Waals surface area contributed by atoms with Crippen LogP contribution in [0.1, 0.15) is 25.2 Å². The monoisotopic (exact) mass is 368 g/mol. The van der Waals surface area contributed by atoms with E-state index >= 15 is 0 Å². The summed E-state index contributed by atoms with van der Waals surface area (Å²) in [4.78, 5) is 8.86. The molecular formula is C18H24N8O. The Labute approximate surface area is 157 Å². The lowest BCUT2D eigenvalue weighted by Crippen LogP contribution is -2.46. The van der Waals surface area contributed by atoms with Gasteiger partial charge in [0, 0.05) is 37.4 Å². The zero-order valence-electron chi connectivity index (χ0n) is 15.7. The van der Waals surface area contributed by atoms with Crippen LogP contribution >= 0.6 is 0 Å². The summed E-state index contributed by atoms with van der Waals surface area (Å²) >= 11 is 0. The SMILES string of the molecule is CC(C)Cc1ccc(-c2nn[nH]n2)c(N2CCN(Cc3ncon3)CC2)c1. The molecule has 3 heterocycles. The lowest BCUT2D eigenvalue weighted by Gasteiger charge is -2.36. The van der Waals surface area contributed by atoms with E-state index in [0.29, 0.717) is 11.7 Å². The maximum Gasteiger partial charge on any atom is 0.213 e. The number of rotatable bonds is 6. The summed E-state index contributed by atoms with van der Waals surface area (Å²) in [6.45, 7) is 8.92. The zero-order valence-corrected chi connectivity index (χ0v) is 15.7. The Morgan fingerprint density at radius 1 is 1.19 bits per heavy atom. The topological polar surface area (TPSA) is 99.9 Å². The van der Waals surface area contributed by atoms with Crippen LogP contribution in [0.15, 0.2) is 29.1 Å². The highest BCUT2D eigenvalue weighted by molar-refractivity contribution is 5.75. The second-order valence-electron chi connectivity index (χ2n) is 7.30. The van der Waals surface area contributed by atoms with Gasteiger partial charge in [0.2, 0.25) is 12.2 Å². The summed E-state index contributed by atoms with van der Waals surface area (Å²) in [6.07, 6.45) is 2.43. The predicted molar refractivity (Wildman–Crippen MR) is 99.9 cm³/mol. The number of benzene rings is 1. The number of nitrogens with zero attached hydrogens (tertiary/aromatic N) is 7. The highest BCUT2D eigenvalue weighted by Gasteiger charge is 2.22. The molecule has 0 bridgehead atoms. The Balaban J connectivity index is 1.53. The van der Waals surface area contributed by atoms with Gasteiger partial charge >= 0.3 is 0 Å². The van der Waals surface area contributed by atoms with Crippen LogP contribution in [0, 0.1) is 5.92 Å². The van der Waals surface area contributed by atoms with Gasteiger partial charge in [-0.05, 0) is 35.2 Å². The van der Waals surface area contributed by atoms with Gasteiger partial charge in [0.1, 0.15) is 0 Å². The first-order valence-electron chi connectivity index (χ1n) is 9.28. The summed E-state index contributed by atoms with van der Waals surface area (Å²) in [5.41, 5.74) is 3.53. The van der Waals surface area contributed by atoms with E-state index in [-0.39, 0.29) is 0 Å². The van der Waals surface area contributed by atoms with Crippen LogP contribution in [0.4, 0.5) is 5.69 Å². The molecule has 1 fully saturated rings. The van der Waals surface area contributed by atoms with E-state index in [1.165, 1.54) is 17.6 Å². The van der Waals surface area contributed by atoms with E-state index in [2.05, 4.69) is 72.6 Å². The molecule has 1 aliphatic rings. The fraction of sp³-hybridized carbons (Fsp3) is 0.500. The lowest BCUT2D eigenvalue weighted by molar-refractivity contribution is 0.240. The fourth-order valence-corrected chi connectivity index (χ4v) is 3.51. The molecule has 2 aromatic heterocycles. The van der Waals surface area contributed by atoms with Crippen molar-refractivity contribution in [2.75, 3.05) is 31.1 Å². The molecule has 0 unspecified atom stereocenters. The maximum atomic E-state index is 4.83. The van der Waals surface area contributed by atoms with Gasteiger partial charge in [0.05, 0.1) is 6.54 Å². The molecule has 9 heteroatoms. The third-order valence-electron chi connectivity index (χ3n) is 4.78. The molecule has 1 aromatic carbocycles. The Kier molecular flexibility index (Phi) is 5.10. The third-order valence-corrected chi connectivity index (χ3v) is 4.78. The lowest BCUT2D eigenvalue weighted by atomic mass is 9.99. The molecule has 1 saturated heterocycles. The van der Waals surface area contributed by atoms with Crippen LogP contribution in [0.3, 0.4) is 0 Å². The van der Waals surface area contributed by atoms with Crippen LogP contribution in [-0.2, 0) is 13.0 Å². The number of piperazine rings is 1. The largest absolute Gasteiger partial charge is 0.368 e. The molecule has 142 valence electrons. The van der Waals surface area contributed by atoms with Crippen LogP contribution < -0.4 is 4.90 Å². The molecule has 1 N–H and O–H groups in total. The second-order valence-corrected chi connectivity index (χ2v) is 7.30. The zero-order chi connectivity index (χ0) is 18.6. The van der Waals surface area contributed by atoms with Crippen molar-refractivity contribution in [2.45, 2.75) is 26.8 Å². The van der Waals surface area contributed by atoms with Crippen molar-refractivity contribution in [1.29, 1.82) is 0 Å². The third kappa shape index (κ3) is 4.13. The average Bonchev–Trinajstić information content (AvgIpc) is 3.36. The van der Waals surface area contributed by atoms with Crippen LogP contribution in [0.2, 0.25) is 0 Å². The molecule has 0 radical (unpaired) electrons. The molecule has 0 spiro atoms. The number of anilines is 1. The summed E-state index contributed by atoms with van der Waals surface area (Å²) in [6, 6.07) is 6.56. The minimum atomic E-state index is 0.612. The van der Waals surface area contributed by atoms with Crippen molar-refractivity contribution in [2.24, 2.45) is 5.92 Å². The summed E-state index contributed by atoms with van der Waals surface area (Å²) in [5, 5.41) is 18.6. The van der Waals surface area contributed by atoms with E-state index < -0.39 is 0 Å². The number of tetrazole rings is 1. The van der Waals surface area contributed by atoms with Gasteiger partial charge in [-0.2, -0.15) is 10.2 Å². The highest BCUT2D eigenvalue weighted by Crippen LogP contribution is 2.31. The Morgan fingerprint density at radius 3 is 2.70 bits per heavy atom. The minimum Gasteiger partial charge on any atom is -0.368 e. The molecule has 1 aliphatic heterocycles. The van der Waals surface area contributed by atoms with E-state index in [1.807, 2.05) is 0 Å². The number of nitrogens with one attached hydrogen (secondary N) is 1. The average molecular weight is 368 g/mol. The second kappa shape index (κ2) is 7.83. The molecule has 3 aromatic rings. The van der Waals surface area contributed by atoms with Crippen LogP contribution in [0.25, 0.3) is 11.4 Å². The fourth-order valence-electron chi connectivity index (χ4n) is 3.51. The number of aromatic nitrogens is 6. The van der Waals surface area contributed by atoms with Crippen molar-refractivity contribution in [3.8, 4) is 11.4 Å². The number of H-pyrrole nitrogens is 1. The van der Waals surface area contributed by atoms with Crippen molar-refractivity contribution in [1.82, 2.24) is 35.7 Å². The quantitative estimate of drug-likeness (QED) is 0.703. The van der Waals surface area contributed by atoms with Gasteiger partial charge < -0.3 is 9.42 Å².